The number of thiazole rings is 1. The van der Waals surface area contributed by atoms with Crippen molar-refractivity contribution in [2.24, 2.45) is 0 Å². The van der Waals surface area contributed by atoms with Gasteiger partial charge in [0.1, 0.15) is 23.9 Å². The van der Waals surface area contributed by atoms with Crippen LogP contribution in [0.2, 0.25) is 0 Å². The molecule has 0 radical (unpaired) electrons. The number of carbonyl (C=O) groups is 3. The first-order valence-electron chi connectivity index (χ1n) is 10.1. The molecule has 1 aromatic heterocycles. The van der Waals surface area contributed by atoms with Gasteiger partial charge in [-0.05, 0) is 24.3 Å². The van der Waals surface area contributed by atoms with Gasteiger partial charge in [0.05, 0.1) is 36.4 Å². The highest BCUT2D eigenvalue weighted by atomic mass is 32.2. The summed E-state index contributed by atoms with van der Waals surface area (Å²) in [6, 6.07) is 14.6. The second-order valence-corrected chi connectivity index (χ2v) is 9.01. The third-order valence-electron chi connectivity index (χ3n) is 4.77. The molecule has 0 atom stereocenters. The average molecular weight is 484 g/mol. The number of methoxy groups -OCH3 is 1. The van der Waals surface area contributed by atoms with Crippen LogP contribution >= 0.6 is 23.1 Å². The van der Waals surface area contributed by atoms with E-state index in [0.717, 1.165) is 4.90 Å². The molecule has 1 N–H and O–H groups in total. The molecular formula is C23H21N3O5S2. The molecule has 1 aliphatic rings. The Hall–Kier alpha value is -3.37. The lowest BCUT2D eigenvalue weighted by atomic mass is 10.2. The number of esters is 1. The molecule has 0 fully saturated rings. The van der Waals surface area contributed by atoms with Crippen molar-refractivity contribution in [2.45, 2.75) is 17.9 Å². The molecule has 8 nitrogen and oxygen atoms in total. The van der Waals surface area contributed by atoms with Gasteiger partial charge in [0.2, 0.25) is 11.8 Å². The van der Waals surface area contributed by atoms with E-state index in [2.05, 4.69) is 10.3 Å². The summed E-state index contributed by atoms with van der Waals surface area (Å²) in [5, 5.41) is 5.15. The molecular weight excluding hydrogens is 462 g/mol. The summed E-state index contributed by atoms with van der Waals surface area (Å²) in [4.78, 5) is 43.8. The Balaban J connectivity index is 1.29. The van der Waals surface area contributed by atoms with E-state index in [4.69, 9.17) is 9.47 Å². The van der Waals surface area contributed by atoms with Gasteiger partial charge in [0.15, 0.2) is 0 Å². The lowest BCUT2D eigenvalue weighted by Crippen LogP contribution is -2.39. The molecule has 0 spiro atoms. The van der Waals surface area contributed by atoms with Crippen molar-refractivity contribution in [1.29, 1.82) is 0 Å². The first-order chi connectivity index (χ1) is 16.0. The fraction of sp³-hybridized carbons (Fsp3) is 0.217. The number of aromatic nitrogens is 1. The lowest BCUT2D eigenvalue weighted by molar-refractivity contribution is -0.144. The highest BCUT2D eigenvalue weighted by Gasteiger charge is 2.26. The van der Waals surface area contributed by atoms with Gasteiger partial charge >= 0.3 is 5.97 Å². The third-order valence-corrected chi connectivity index (χ3v) is 6.71. The molecule has 0 unspecified atom stereocenters. The van der Waals surface area contributed by atoms with Crippen LogP contribution in [0.15, 0.2) is 58.8 Å². The van der Waals surface area contributed by atoms with Gasteiger partial charge in [-0.1, -0.05) is 24.3 Å². The number of para-hydroxylation sites is 3. The standard InChI is InChI=1S/C23H21N3O5S2/c1-30-18-8-4-2-6-16(18)25-20(27)10-21-24-15(13-33-21)12-31-23(29)11-26-17-7-3-5-9-19(17)32-14-22(26)28/h2-9,13H,10-12,14H2,1H3,(H,25,27). The van der Waals surface area contributed by atoms with Crippen LogP contribution in [0.25, 0.3) is 0 Å². The van der Waals surface area contributed by atoms with E-state index in [1.54, 1.807) is 17.5 Å². The summed E-state index contributed by atoms with van der Waals surface area (Å²) < 4.78 is 10.6. The molecule has 2 aromatic carbocycles. The highest BCUT2D eigenvalue weighted by molar-refractivity contribution is 8.00. The maximum absolute atomic E-state index is 12.4. The fourth-order valence-electron chi connectivity index (χ4n) is 3.23. The number of benzene rings is 2. The summed E-state index contributed by atoms with van der Waals surface area (Å²) in [6.45, 7) is -0.184. The van der Waals surface area contributed by atoms with Crippen molar-refractivity contribution >= 4 is 52.3 Å². The van der Waals surface area contributed by atoms with Crippen LogP contribution in [-0.4, -0.2) is 42.2 Å². The van der Waals surface area contributed by atoms with Gasteiger partial charge in [-0.3, -0.25) is 19.3 Å². The topological polar surface area (TPSA) is 97.8 Å². The number of nitrogens with zero attached hydrogens (tertiary/aromatic N) is 2. The molecule has 0 saturated carbocycles. The molecule has 3 aromatic rings. The van der Waals surface area contributed by atoms with Crippen LogP contribution in [0.1, 0.15) is 10.7 Å². The Labute approximate surface area is 198 Å². The van der Waals surface area contributed by atoms with Crippen LogP contribution in [0.5, 0.6) is 5.75 Å². The predicted molar refractivity (Wildman–Crippen MR) is 127 cm³/mol. The second-order valence-electron chi connectivity index (χ2n) is 7.05. The predicted octanol–water partition coefficient (Wildman–Crippen LogP) is 3.52. The maximum Gasteiger partial charge on any atom is 0.326 e. The van der Waals surface area contributed by atoms with Crippen LogP contribution < -0.4 is 15.0 Å². The number of fused-ring (bicyclic) bond motifs is 1. The fourth-order valence-corrected chi connectivity index (χ4v) is 4.95. The number of ether oxygens (including phenoxy) is 2. The second kappa shape index (κ2) is 10.5. The first kappa shape index (κ1) is 22.8. The van der Waals surface area contributed by atoms with E-state index in [1.807, 2.05) is 36.4 Å². The molecule has 33 heavy (non-hydrogen) atoms. The van der Waals surface area contributed by atoms with E-state index in [0.29, 0.717) is 27.8 Å². The molecule has 170 valence electrons. The minimum atomic E-state index is -0.520. The molecule has 2 amide bonds. The van der Waals surface area contributed by atoms with Crippen molar-refractivity contribution in [2.75, 3.05) is 29.6 Å². The van der Waals surface area contributed by atoms with Crippen LogP contribution in [0.3, 0.4) is 0 Å². The Morgan fingerprint density at radius 1 is 1.15 bits per heavy atom. The van der Waals surface area contributed by atoms with E-state index in [9.17, 15) is 14.4 Å². The Kier molecular flexibility index (Phi) is 7.26. The van der Waals surface area contributed by atoms with Gasteiger partial charge in [-0.15, -0.1) is 23.1 Å². The van der Waals surface area contributed by atoms with E-state index < -0.39 is 5.97 Å². The highest BCUT2D eigenvalue weighted by Crippen LogP contribution is 2.34. The number of anilines is 2. The quantitative estimate of drug-likeness (QED) is 0.490. The SMILES string of the molecule is COc1ccccc1NC(=O)Cc1nc(COC(=O)CN2C(=O)CSc3ccccc32)cs1. The zero-order valence-electron chi connectivity index (χ0n) is 17.8. The monoisotopic (exact) mass is 483 g/mol. The van der Waals surface area contributed by atoms with E-state index >= 15 is 0 Å². The molecule has 2 heterocycles. The minimum Gasteiger partial charge on any atom is -0.495 e. The number of carbonyl (C=O) groups excluding carboxylic acids is 3. The van der Waals surface area contributed by atoms with Gasteiger partial charge in [-0.25, -0.2) is 4.98 Å². The lowest BCUT2D eigenvalue weighted by Gasteiger charge is -2.27. The first-order valence-corrected chi connectivity index (χ1v) is 11.9. The molecule has 10 heteroatoms. The Morgan fingerprint density at radius 2 is 1.94 bits per heavy atom. The number of amides is 2. The molecule has 0 aliphatic carbocycles. The Morgan fingerprint density at radius 3 is 2.79 bits per heavy atom. The molecule has 0 saturated heterocycles. The number of nitrogens with one attached hydrogen (secondary N) is 1. The number of thioether (sulfide) groups is 1. The smallest absolute Gasteiger partial charge is 0.326 e. The molecule has 4 rings (SSSR count). The van der Waals surface area contributed by atoms with Crippen LogP contribution in [-0.2, 0) is 32.1 Å². The number of rotatable bonds is 8. The van der Waals surface area contributed by atoms with E-state index in [1.165, 1.54) is 35.1 Å². The van der Waals surface area contributed by atoms with Crippen LogP contribution in [0.4, 0.5) is 11.4 Å². The van der Waals surface area contributed by atoms with Gasteiger partial charge < -0.3 is 14.8 Å². The Bertz CT molecular complexity index is 1180. The average Bonchev–Trinajstić information content (AvgIpc) is 3.27. The largest absolute Gasteiger partial charge is 0.495 e. The molecule has 1 aliphatic heterocycles. The van der Waals surface area contributed by atoms with Crippen molar-refractivity contribution in [1.82, 2.24) is 4.98 Å². The minimum absolute atomic E-state index is 0.0259. The zero-order chi connectivity index (χ0) is 23.2. The summed E-state index contributed by atoms with van der Waals surface area (Å²) in [5.74, 6) is -0.0128. The normalized spacial score (nSPS) is 12.8. The maximum atomic E-state index is 12.4. The molecule has 0 bridgehead atoms. The summed E-state index contributed by atoms with van der Waals surface area (Å²) in [6.07, 6.45) is 0.0907. The van der Waals surface area contributed by atoms with Crippen molar-refractivity contribution < 1.29 is 23.9 Å². The van der Waals surface area contributed by atoms with Crippen molar-refractivity contribution in [3.05, 3.63) is 64.6 Å². The summed E-state index contributed by atoms with van der Waals surface area (Å²) >= 11 is 2.77. The van der Waals surface area contributed by atoms with Crippen molar-refractivity contribution in [3.63, 3.8) is 0 Å². The van der Waals surface area contributed by atoms with Gasteiger partial charge in [-0.2, -0.15) is 0 Å². The zero-order valence-corrected chi connectivity index (χ0v) is 19.4. The number of hydrogen-bond donors (Lipinski definition) is 1. The van der Waals surface area contributed by atoms with Crippen LogP contribution in [0, 0.1) is 0 Å². The van der Waals surface area contributed by atoms with Gasteiger partial charge in [0.25, 0.3) is 0 Å². The third kappa shape index (κ3) is 5.71. The van der Waals surface area contributed by atoms with Crippen molar-refractivity contribution in [3.8, 4) is 5.75 Å². The summed E-state index contributed by atoms with van der Waals surface area (Å²) in [5.41, 5.74) is 1.85. The summed E-state index contributed by atoms with van der Waals surface area (Å²) in [7, 11) is 1.54. The van der Waals surface area contributed by atoms with E-state index in [-0.39, 0.29) is 37.1 Å². The number of hydrogen-bond acceptors (Lipinski definition) is 8. The van der Waals surface area contributed by atoms with Gasteiger partial charge in [0, 0.05) is 10.3 Å².